The number of aliphatic hydroxyl groups is 3. The number of hydrogen-bond donors (Lipinski definition) is 10. The van der Waals surface area contributed by atoms with Gasteiger partial charge in [-0.05, 0) is 6.92 Å². The second kappa shape index (κ2) is 11.9. The summed E-state index contributed by atoms with van der Waals surface area (Å²) in [6.45, 7) is 0.546. The minimum atomic E-state index is -6.07. The molecule has 0 spiro atoms. The van der Waals surface area contributed by atoms with Gasteiger partial charge in [-0.1, -0.05) is 0 Å². The number of aliphatic hydroxyl groups excluding tert-OH is 3. The van der Waals surface area contributed by atoms with Crippen LogP contribution in [0.1, 0.15) is 6.92 Å². The number of hydrogen-bond acceptors (Lipinski definition) is 13. The molecule has 0 heterocycles. The summed E-state index contributed by atoms with van der Waals surface area (Å²) in [5.74, 6) is -0.545. The van der Waals surface area contributed by atoms with E-state index >= 15 is 0 Å². The van der Waals surface area contributed by atoms with Crippen LogP contribution in [0.5, 0.6) is 0 Å². The Kier molecular flexibility index (Phi) is 12.9. The Morgan fingerprint density at radius 3 is 1.13 bits per heavy atom. The van der Waals surface area contributed by atoms with Crippen LogP contribution in [0.2, 0.25) is 0 Å². The van der Waals surface area contributed by atoms with Gasteiger partial charge >= 0.3 is 39.1 Å². The molecule has 20 nitrogen and oxygen atoms in total. The molecule has 0 aliphatic rings. The predicted molar refractivity (Wildman–Crippen MR) is 87.7 cm³/mol. The maximum absolute atomic E-state index is 11.0. The van der Waals surface area contributed by atoms with Crippen LogP contribution in [-0.4, -0.2) is 74.2 Å². The third-order valence-corrected chi connectivity index (χ3v) is 8.45. The molecule has 0 aliphatic carbocycles. The monoisotopic (exact) mass is 552 g/mol. The van der Waals surface area contributed by atoms with Crippen LogP contribution < -0.4 is 0 Å². The van der Waals surface area contributed by atoms with Crippen LogP contribution >= 0.6 is 39.1 Å². The standard InChI is InChI=1S/C5H10O4.H7O16P5/c1-3(7)5(9)4(8)2-6;1-17(2,3)13-19(7,8)15-21(11,12)16-20(9,10)14-18(4,5)6/h4-6,8-9H,2H2,1H3;(H,7,8)(H,9,10)(H,11,12)(H2,1,2,3)(H2,4,5,6)/t4-,5-;/m1./s1. The van der Waals surface area contributed by atoms with Crippen LogP contribution in [0.3, 0.4) is 0 Å². The highest BCUT2D eigenvalue weighted by atomic mass is 31.3. The molecular weight excluding hydrogens is 535 g/mol. The molecule has 25 heteroatoms. The van der Waals surface area contributed by atoms with Crippen LogP contribution in [0.25, 0.3) is 0 Å². The lowest BCUT2D eigenvalue weighted by molar-refractivity contribution is -0.132. The van der Waals surface area contributed by atoms with Gasteiger partial charge < -0.3 is 49.6 Å². The number of ketones is 1. The first kappa shape index (κ1) is 32.4. The minimum Gasteiger partial charge on any atom is -0.394 e. The topological polar surface area (TPSA) is 342 Å². The molecule has 0 saturated carbocycles. The fraction of sp³-hybridized carbons (Fsp3) is 0.800. The smallest absolute Gasteiger partial charge is 0.394 e. The highest BCUT2D eigenvalue weighted by Crippen LogP contribution is 2.72. The summed E-state index contributed by atoms with van der Waals surface area (Å²) < 4.78 is 65.6. The van der Waals surface area contributed by atoms with E-state index in [1.807, 2.05) is 0 Å². The van der Waals surface area contributed by atoms with Crippen molar-refractivity contribution in [1.29, 1.82) is 0 Å². The van der Waals surface area contributed by atoms with E-state index in [-0.39, 0.29) is 0 Å². The largest absolute Gasteiger partial charge is 0.490 e. The summed E-state index contributed by atoms with van der Waals surface area (Å²) in [6.07, 6.45) is -2.79. The van der Waals surface area contributed by atoms with Crippen molar-refractivity contribution in [2.24, 2.45) is 0 Å². The first-order valence-electron chi connectivity index (χ1n) is 6.34. The summed E-state index contributed by atoms with van der Waals surface area (Å²) in [4.78, 5) is 69.0. The lowest BCUT2D eigenvalue weighted by Crippen LogP contribution is -2.34. The first-order valence-corrected chi connectivity index (χ1v) is 13.9. The Bertz CT molecular complexity index is 754. The maximum Gasteiger partial charge on any atom is 0.490 e. The molecule has 0 rings (SSSR count). The third-order valence-electron chi connectivity index (χ3n) is 1.80. The number of carbonyl (C=O) groups is 1. The van der Waals surface area contributed by atoms with Crippen molar-refractivity contribution in [2.75, 3.05) is 6.61 Å². The fourth-order valence-corrected chi connectivity index (χ4v) is 6.34. The van der Waals surface area contributed by atoms with E-state index in [0.717, 1.165) is 6.92 Å². The Morgan fingerprint density at radius 1 is 0.700 bits per heavy atom. The van der Waals surface area contributed by atoms with Gasteiger partial charge in [0, 0.05) is 0 Å². The highest BCUT2D eigenvalue weighted by Gasteiger charge is 2.46. The zero-order valence-corrected chi connectivity index (χ0v) is 18.6. The van der Waals surface area contributed by atoms with Gasteiger partial charge in [0.25, 0.3) is 0 Å². The van der Waals surface area contributed by atoms with Crippen molar-refractivity contribution in [1.82, 2.24) is 0 Å². The van der Waals surface area contributed by atoms with Gasteiger partial charge in [0.15, 0.2) is 5.78 Å². The van der Waals surface area contributed by atoms with Crippen molar-refractivity contribution in [3.63, 3.8) is 0 Å². The number of rotatable bonds is 11. The van der Waals surface area contributed by atoms with Crippen LogP contribution in [0.4, 0.5) is 0 Å². The van der Waals surface area contributed by atoms with Gasteiger partial charge in [-0.15, -0.1) is 0 Å². The summed E-state index contributed by atoms with van der Waals surface area (Å²) in [6, 6.07) is 0. The van der Waals surface area contributed by atoms with Gasteiger partial charge in [-0.3, -0.25) is 4.79 Å². The number of carbonyl (C=O) groups excluding carboxylic acids is 1. The average Bonchev–Trinajstić information content (AvgIpc) is 2.37. The summed E-state index contributed by atoms with van der Waals surface area (Å²) in [5.41, 5.74) is 0. The Labute approximate surface area is 166 Å². The first-order chi connectivity index (χ1) is 12.9. The highest BCUT2D eigenvalue weighted by molar-refractivity contribution is 7.71. The lowest BCUT2D eigenvalue weighted by atomic mass is 10.1. The van der Waals surface area contributed by atoms with Crippen LogP contribution in [0, 0.1) is 0 Å². The van der Waals surface area contributed by atoms with Gasteiger partial charge in [-0.25, -0.2) is 22.8 Å². The predicted octanol–water partition coefficient (Wildman–Crippen LogP) is -2.17. The molecule has 0 aliphatic heterocycles. The molecule has 0 fully saturated rings. The zero-order valence-electron chi connectivity index (χ0n) is 14.2. The summed E-state index contributed by atoms with van der Waals surface area (Å²) in [5, 5.41) is 25.4. The van der Waals surface area contributed by atoms with Crippen molar-refractivity contribution < 1.29 is 94.4 Å². The van der Waals surface area contributed by atoms with Crippen molar-refractivity contribution in [3.05, 3.63) is 0 Å². The van der Waals surface area contributed by atoms with Crippen LogP contribution in [-0.2, 0) is 44.9 Å². The third kappa shape index (κ3) is 17.9. The average molecular weight is 552 g/mol. The van der Waals surface area contributed by atoms with Gasteiger partial charge in [0.2, 0.25) is 0 Å². The number of Topliss-reactive ketones (excluding diaryl/α,β-unsaturated/α-hetero) is 1. The van der Waals surface area contributed by atoms with Crippen molar-refractivity contribution in [3.8, 4) is 0 Å². The second-order valence-corrected chi connectivity index (χ2v) is 11.9. The maximum atomic E-state index is 11.0. The quantitative estimate of drug-likeness (QED) is 0.122. The Balaban J connectivity index is 0. The minimum absolute atomic E-state index is 0.545. The lowest BCUT2D eigenvalue weighted by Gasteiger charge is -2.18. The van der Waals surface area contributed by atoms with E-state index in [2.05, 4.69) is 17.2 Å². The molecule has 0 bridgehead atoms. The number of phosphoric acid groups is 5. The molecule has 0 aromatic carbocycles. The molecule has 0 aromatic rings. The van der Waals surface area contributed by atoms with E-state index in [1.165, 1.54) is 0 Å². The molecule has 4 atom stereocenters. The molecule has 2 unspecified atom stereocenters. The van der Waals surface area contributed by atoms with Gasteiger partial charge in [0.1, 0.15) is 12.2 Å². The molecule has 0 saturated heterocycles. The van der Waals surface area contributed by atoms with Crippen LogP contribution in [0.15, 0.2) is 0 Å². The molecule has 30 heavy (non-hydrogen) atoms. The normalized spacial score (nSPS) is 20.5. The molecule has 0 amide bonds. The Hall–Kier alpha value is 0.260. The van der Waals surface area contributed by atoms with E-state index in [0.29, 0.717) is 0 Å². The van der Waals surface area contributed by atoms with E-state index in [4.69, 9.17) is 49.6 Å². The second-order valence-electron chi connectivity index (χ2n) is 4.52. The summed E-state index contributed by atoms with van der Waals surface area (Å²) in [7, 11) is -29.3. The van der Waals surface area contributed by atoms with Gasteiger partial charge in [0.05, 0.1) is 6.61 Å². The zero-order chi connectivity index (χ0) is 24.8. The van der Waals surface area contributed by atoms with Crippen molar-refractivity contribution >= 4 is 44.9 Å². The molecule has 182 valence electrons. The molecule has 10 N–H and O–H groups in total. The fourth-order valence-electron chi connectivity index (χ4n) is 0.945. The summed E-state index contributed by atoms with van der Waals surface area (Å²) >= 11 is 0. The molecule has 0 aromatic heterocycles. The van der Waals surface area contributed by atoms with E-state index in [1.54, 1.807) is 0 Å². The van der Waals surface area contributed by atoms with E-state index in [9.17, 15) is 27.6 Å². The molecule has 0 radical (unpaired) electrons. The van der Waals surface area contributed by atoms with Crippen molar-refractivity contribution in [2.45, 2.75) is 19.1 Å². The van der Waals surface area contributed by atoms with Gasteiger partial charge in [-0.2, -0.15) is 17.2 Å². The Morgan fingerprint density at radius 2 is 0.967 bits per heavy atom. The van der Waals surface area contributed by atoms with E-state index < -0.39 is 63.7 Å². The molecular formula is C5H17O20P5. The SMILES string of the molecule is CC(=O)[C@@H](O)[C@H](O)CO.O=P(O)(O)OP(=O)(O)OP(=O)(O)OP(=O)(O)OP(=O)(O)O.